The summed E-state index contributed by atoms with van der Waals surface area (Å²) in [5.74, 6) is 1.62. The molecule has 4 aromatic heterocycles. The van der Waals surface area contributed by atoms with Crippen LogP contribution in [0.3, 0.4) is 0 Å². The lowest BCUT2D eigenvalue weighted by Gasteiger charge is -2.41. The van der Waals surface area contributed by atoms with Crippen LogP contribution in [0.2, 0.25) is 0 Å². The molecule has 2 aliphatic heterocycles. The van der Waals surface area contributed by atoms with Crippen molar-refractivity contribution in [2.45, 2.75) is 37.8 Å². The maximum atomic E-state index is 12.8. The van der Waals surface area contributed by atoms with Gasteiger partial charge in [-0.15, -0.1) is 10.2 Å². The topological polar surface area (TPSA) is 83.9 Å². The molecule has 1 amide bonds. The number of fused-ring (bicyclic) bond motifs is 4. The second kappa shape index (κ2) is 6.26. The van der Waals surface area contributed by atoms with Gasteiger partial charge >= 0.3 is 0 Å². The number of hydrogen-bond acceptors (Lipinski definition) is 6. The van der Waals surface area contributed by atoms with Crippen molar-refractivity contribution in [3.8, 4) is 11.1 Å². The van der Waals surface area contributed by atoms with E-state index in [-0.39, 0.29) is 5.92 Å². The predicted octanol–water partition coefficient (Wildman–Crippen LogP) is 2.03. The van der Waals surface area contributed by atoms with Gasteiger partial charge in [-0.25, -0.2) is 9.50 Å². The van der Waals surface area contributed by atoms with Gasteiger partial charge in [0, 0.05) is 54.6 Å². The molecule has 1 aliphatic carbocycles. The molecule has 0 radical (unpaired) electrons. The summed E-state index contributed by atoms with van der Waals surface area (Å²) in [7, 11) is 0. The number of hydrogen-bond donors (Lipinski definition) is 0. The van der Waals surface area contributed by atoms with Gasteiger partial charge in [0.1, 0.15) is 18.2 Å². The van der Waals surface area contributed by atoms with Crippen LogP contribution in [0.5, 0.6) is 0 Å². The van der Waals surface area contributed by atoms with Gasteiger partial charge < -0.3 is 9.80 Å². The van der Waals surface area contributed by atoms with Gasteiger partial charge in [0.15, 0.2) is 11.5 Å². The Labute approximate surface area is 178 Å². The SMILES string of the molecule is O=C(C1CC1)N1C2CCC1CN(c1ncnn3cc(-c4ccc5nncn5c4)cc13)C2. The zero-order valence-electron chi connectivity index (χ0n) is 17.0. The third-order valence-electron chi connectivity index (χ3n) is 6.97. The summed E-state index contributed by atoms with van der Waals surface area (Å²) in [6.45, 7) is 1.68. The fourth-order valence-electron chi connectivity index (χ4n) is 5.29. The van der Waals surface area contributed by atoms with E-state index >= 15 is 0 Å². The van der Waals surface area contributed by atoms with Gasteiger partial charge in [-0.05, 0) is 43.9 Å². The first-order chi connectivity index (χ1) is 15.2. The number of carbonyl (C=O) groups excluding carboxylic acids is 1. The number of anilines is 1. The van der Waals surface area contributed by atoms with E-state index in [2.05, 4.69) is 36.1 Å². The van der Waals surface area contributed by atoms with Crippen LogP contribution < -0.4 is 4.90 Å². The molecule has 0 aromatic carbocycles. The number of rotatable bonds is 3. The molecule has 2 atom stereocenters. The number of pyridine rings is 1. The maximum absolute atomic E-state index is 12.8. The van der Waals surface area contributed by atoms with Crippen molar-refractivity contribution in [2.24, 2.45) is 5.92 Å². The summed E-state index contributed by atoms with van der Waals surface area (Å²) < 4.78 is 3.82. The Morgan fingerprint density at radius 2 is 1.84 bits per heavy atom. The average molecular weight is 414 g/mol. The van der Waals surface area contributed by atoms with Crippen molar-refractivity contribution in [1.82, 2.24) is 34.1 Å². The lowest BCUT2D eigenvalue weighted by atomic mass is 10.1. The van der Waals surface area contributed by atoms with Crippen molar-refractivity contribution >= 4 is 22.9 Å². The second-order valence-corrected chi connectivity index (χ2v) is 8.97. The van der Waals surface area contributed by atoms with Crippen LogP contribution in [-0.2, 0) is 4.79 Å². The summed E-state index contributed by atoms with van der Waals surface area (Å²) in [6.07, 6.45) is 11.7. The Balaban J connectivity index is 1.23. The van der Waals surface area contributed by atoms with Gasteiger partial charge in [0.05, 0.1) is 0 Å². The highest BCUT2D eigenvalue weighted by molar-refractivity contribution is 5.83. The first kappa shape index (κ1) is 17.2. The van der Waals surface area contributed by atoms with E-state index in [0.29, 0.717) is 18.0 Å². The Bertz CT molecular complexity index is 1310. The van der Waals surface area contributed by atoms with Crippen LogP contribution in [0.25, 0.3) is 22.3 Å². The summed E-state index contributed by atoms with van der Waals surface area (Å²) in [6, 6.07) is 6.75. The van der Waals surface area contributed by atoms with Crippen LogP contribution in [0.4, 0.5) is 5.82 Å². The molecule has 2 bridgehead atoms. The molecule has 0 spiro atoms. The zero-order valence-corrected chi connectivity index (χ0v) is 17.0. The first-order valence-corrected chi connectivity index (χ1v) is 10.9. The summed E-state index contributed by atoms with van der Waals surface area (Å²) in [4.78, 5) is 22.0. The van der Waals surface area contributed by atoms with Crippen LogP contribution in [-0.4, -0.2) is 65.2 Å². The van der Waals surface area contributed by atoms with Crippen molar-refractivity contribution in [2.75, 3.05) is 18.0 Å². The molecule has 2 saturated heterocycles. The van der Waals surface area contributed by atoms with E-state index in [1.165, 1.54) is 0 Å². The number of amides is 1. The molecule has 4 aromatic rings. The molecule has 9 heteroatoms. The largest absolute Gasteiger partial charge is 0.351 e. The number of piperazine rings is 1. The van der Waals surface area contributed by atoms with Crippen LogP contribution in [0.15, 0.2) is 43.2 Å². The van der Waals surface area contributed by atoms with Crippen molar-refractivity contribution < 1.29 is 4.79 Å². The van der Waals surface area contributed by atoms with Crippen LogP contribution in [0, 0.1) is 5.92 Å². The van der Waals surface area contributed by atoms with Crippen molar-refractivity contribution in [3.63, 3.8) is 0 Å². The summed E-state index contributed by atoms with van der Waals surface area (Å²) in [5, 5.41) is 12.5. The molecular weight excluding hydrogens is 392 g/mol. The Kier molecular flexibility index (Phi) is 3.47. The van der Waals surface area contributed by atoms with Crippen LogP contribution in [0.1, 0.15) is 25.7 Å². The highest BCUT2D eigenvalue weighted by Gasteiger charge is 2.46. The normalized spacial score (nSPS) is 23.2. The quantitative estimate of drug-likeness (QED) is 0.510. The molecule has 3 aliphatic rings. The van der Waals surface area contributed by atoms with Crippen molar-refractivity contribution in [3.05, 3.63) is 43.2 Å². The van der Waals surface area contributed by atoms with Gasteiger partial charge in [0.2, 0.25) is 5.91 Å². The Morgan fingerprint density at radius 1 is 1.00 bits per heavy atom. The molecule has 7 rings (SSSR count). The molecule has 1 saturated carbocycles. The number of aromatic nitrogens is 6. The van der Waals surface area contributed by atoms with E-state index in [1.807, 2.05) is 33.4 Å². The third kappa shape index (κ3) is 2.65. The molecule has 2 unspecified atom stereocenters. The first-order valence-electron chi connectivity index (χ1n) is 10.9. The van der Waals surface area contributed by atoms with E-state index in [4.69, 9.17) is 0 Å². The van der Waals surface area contributed by atoms with Gasteiger partial charge in [-0.2, -0.15) is 5.10 Å². The fourth-order valence-corrected chi connectivity index (χ4v) is 5.29. The zero-order chi connectivity index (χ0) is 20.5. The van der Waals surface area contributed by atoms with Gasteiger partial charge in [-0.3, -0.25) is 9.20 Å². The summed E-state index contributed by atoms with van der Waals surface area (Å²) in [5.41, 5.74) is 3.95. The highest BCUT2D eigenvalue weighted by atomic mass is 16.2. The van der Waals surface area contributed by atoms with Crippen LogP contribution >= 0.6 is 0 Å². The monoisotopic (exact) mass is 414 g/mol. The van der Waals surface area contributed by atoms with Gasteiger partial charge in [0.25, 0.3) is 0 Å². The number of nitrogens with zero attached hydrogens (tertiary/aromatic N) is 8. The highest BCUT2D eigenvalue weighted by Crippen LogP contribution is 2.39. The standard InChI is InChI=1S/C22H22N8O/c31-22(14-1-2-14)30-17-4-5-18(30)11-27(10-17)21-19-7-16(9-29(19)25-12-23-21)15-3-6-20-26-24-13-28(20)8-15/h3,6-9,12-14,17-18H,1-2,4-5,10-11H2. The van der Waals surface area contributed by atoms with E-state index in [0.717, 1.165) is 66.9 Å². The molecular formula is C22H22N8O. The lowest BCUT2D eigenvalue weighted by Crippen LogP contribution is -2.56. The summed E-state index contributed by atoms with van der Waals surface area (Å²) >= 11 is 0. The van der Waals surface area contributed by atoms with E-state index in [1.54, 1.807) is 12.7 Å². The van der Waals surface area contributed by atoms with E-state index in [9.17, 15) is 4.79 Å². The minimum Gasteiger partial charge on any atom is -0.351 e. The molecule has 9 nitrogen and oxygen atoms in total. The van der Waals surface area contributed by atoms with Crippen molar-refractivity contribution in [1.29, 1.82) is 0 Å². The van der Waals surface area contributed by atoms with E-state index < -0.39 is 0 Å². The molecule has 156 valence electrons. The Hall–Kier alpha value is -3.49. The molecule has 31 heavy (non-hydrogen) atoms. The number of carbonyl (C=O) groups is 1. The Morgan fingerprint density at radius 3 is 2.65 bits per heavy atom. The maximum Gasteiger partial charge on any atom is 0.226 e. The second-order valence-electron chi connectivity index (χ2n) is 8.97. The minimum atomic E-state index is 0.289. The fraction of sp³-hybridized carbons (Fsp3) is 0.409. The minimum absolute atomic E-state index is 0.289. The molecule has 6 heterocycles. The third-order valence-corrected chi connectivity index (χ3v) is 6.97. The predicted molar refractivity (Wildman–Crippen MR) is 114 cm³/mol. The molecule has 3 fully saturated rings. The smallest absolute Gasteiger partial charge is 0.226 e. The molecule has 0 N–H and O–H groups in total. The average Bonchev–Trinajstić information content (AvgIpc) is 3.27. The lowest BCUT2D eigenvalue weighted by molar-refractivity contribution is -0.135. The van der Waals surface area contributed by atoms with Gasteiger partial charge in [-0.1, -0.05) is 0 Å².